The van der Waals surface area contributed by atoms with Crippen molar-refractivity contribution in [3.05, 3.63) is 35.9 Å². The molecule has 8 heteroatoms. The molecule has 0 saturated carbocycles. The van der Waals surface area contributed by atoms with Crippen molar-refractivity contribution >= 4 is 18.0 Å². The number of alkyl carbamates (subject to hydrolysis) is 1. The molecule has 8 nitrogen and oxygen atoms in total. The predicted molar refractivity (Wildman–Crippen MR) is 98.6 cm³/mol. The minimum absolute atomic E-state index is 0.0263. The Morgan fingerprint density at radius 3 is 2.22 bits per heavy atom. The summed E-state index contributed by atoms with van der Waals surface area (Å²) in [4.78, 5) is 36.4. The summed E-state index contributed by atoms with van der Waals surface area (Å²) < 4.78 is 9.79. The van der Waals surface area contributed by atoms with Crippen molar-refractivity contribution in [2.45, 2.75) is 52.0 Å². The van der Waals surface area contributed by atoms with Gasteiger partial charge in [-0.15, -0.1) is 0 Å². The second-order valence-corrected chi connectivity index (χ2v) is 6.32. The van der Waals surface area contributed by atoms with Gasteiger partial charge in [0.1, 0.15) is 18.7 Å². The Labute approximate surface area is 159 Å². The molecule has 0 aromatic heterocycles. The quantitative estimate of drug-likeness (QED) is 0.558. The van der Waals surface area contributed by atoms with Crippen molar-refractivity contribution in [3.63, 3.8) is 0 Å². The van der Waals surface area contributed by atoms with Crippen LogP contribution in [-0.4, -0.2) is 48.4 Å². The summed E-state index contributed by atoms with van der Waals surface area (Å²) in [5.74, 6) is -1.47. The molecule has 0 radical (unpaired) electrons. The average Bonchev–Trinajstić information content (AvgIpc) is 2.67. The Kier molecular flexibility index (Phi) is 9.29. The monoisotopic (exact) mass is 380 g/mol. The Bertz CT molecular complexity index is 620. The van der Waals surface area contributed by atoms with Gasteiger partial charge in [0.15, 0.2) is 0 Å². The van der Waals surface area contributed by atoms with Crippen molar-refractivity contribution in [3.8, 4) is 0 Å². The van der Waals surface area contributed by atoms with E-state index in [0.717, 1.165) is 5.56 Å². The normalized spacial score (nSPS) is 15.0. The first kappa shape index (κ1) is 22.4. The highest BCUT2D eigenvalue weighted by molar-refractivity contribution is 5.90. The van der Waals surface area contributed by atoms with E-state index in [1.807, 2.05) is 25.1 Å². The minimum atomic E-state index is -1.27. The van der Waals surface area contributed by atoms with Crippen molar-refractivity contribution in [1.29, 1.82) is 0 Å². The number of ether oxygens (including phenoxy) is 2. The van der Waals surface area contributed by atoms with E-state index in [1.165, 1.54) is 14.0 Å². The van der Waals surface area contributed by atoms with Gasteiger partial charge < -0.3 is 25.2 Å². The van der Waals surface area contributed by atoms with Crippen LogP contribution < -0.4 is 10.6 Å². The lowest BCUT2D eigenvalue weighted by Gasteiger charge is -2.26. The number of methoxy groups -OCH3 is 1. The summed E-state index contributed by atoms with van der Waals surface area (Å²) in [6, 6.07) is 6.89. The molecule has 0 bridgehead atoms. The largest absolute Gasteiger partial charge is 0.467 e. The number of carbonyl (C=O) groups is 3. The zero-order chi connectivity index (χ0) is 20.4. The molecule has 2 amide bonds. The third-order valence-electron chi connectivity index (χ3n) is 4.22. The predicted octanol–water partition coefficient (Wildman–Crippen LogP) is 1.37. The van der Waals surface area contributed by atoms with Gasteiger partial charge in [-0.1, -0.05) is 50.6 Å². The van der Waals surface area contributed by atoms with Crippen LogP contribution in [0.15, 0.2) is 30.3 Å². The second kappa shape index (κ2) is 11.2. The first-order valence-electron chi connectivity index (χ1n) is 8.83. The van der Waals surface area contributed by atoms with Gasteiger partial charge >= 0.3 is 12.1 Å². The van der Waals surface area contributed by atoms with Gasteiger partial charge in [0, 0.05) is 0 Å². The van der Waals surface area contributed by atoms with Crippen LogP contribution in [0.1, 0.15) is 32.8 Å². The molecule has 0 fully saturated rings. The molecule has 1 rings (SSSR count). The van der Waals surface area contributed by atoms with Crippen LogP contribution >= 0.6 is 0 Å². The summed E-state index contributed by atoms with van der Waals surface area (Å²) in [6.45, 7) is 5.05. The maximum atomic E-state index is 12.5. The first-order valence-corrected chi connectivity index (χ1v) is 8.83. The van der Waals surface area contributed by atoms with Crippen LogP contribution in [0, 0.1) is 5.92 Å². The lowest BCUT2D eigenvalue weighted by Crippen LogP contribution is -2.57. The highest BCUT2D eigenvalue weighted by Gasteiger charge is 2.32. The summed E-state index contributed by atoms with van der Waals surface area (Å²) in [5.41, 5.74) is 0.785. The SMILES string of the molecule is CC[C@@H](C)[C@@H](NC(=O)[C@@H](NC(=O)OCc1ccccc1)[C@@H](C)O)C(=O)OC. The van der Waals surface area contributed by atoms with Crippen molar-refractivity contribution in [2.75, 3.05) is 7.11 Å². The summed E-state index contributed by atoms with van der Waals surface area (Å²) in [6.07, 6.45) is -1.41. The standard InChI is InChI=1S/C19H28N2O6/c1-5-12(2)15(18(24)26-4)20-17(23)16(13(3)22)21-19(25)27-11-14-9-7-6-8-10-14/h6-10,12-13,15-16,22H,5,11H2,1-4H3,(H,20,23)(H,21,25)/t12-,13-,15-,16+/m1/s1. The van der Waals surface area contributed by atoms with Gasteiger partial charge in [0.05, 0.1) is 13.2 Å². The fourth-order valence-corrected chi connectivity index (χ4v) is 2.34. The average molecular weight is 380 g/mol. The fraction of sp³-hybridized carbons (Fsp3) is 0.526. The van der Waals surface area contributed by atoms with E-state index in [2.05, 4.69) is 10.6 Å². The molecule has 0 aliphatic heterocycles. The molecule has 4 atom stereocenters. The van der Waals surface area contributed by atoms with Crippen LogP contribution in [0.4, 0.5) is 4.79 Å². The highest BCUT2D eigenvalue weighted by Crippen LogP contribution is 2.10. The maximum absolute atomic E-state index is 12.5. The number of aliphatic hydroxyl groups excluding tert-OH is 1. The van der Waals surface area contributed by atoms with E-state index >= 15 is 0 Å². The van der Waals surface area contributed by atoms with E-state index in [-0.39, 0.29) is 12.5 Å². The van der Waals surface area contributed by atoms with Crippen LogP contribution in [0.2, 0.25) is 0 Å². The molecular formula is C19H28N2O6. The van der Waals surface area contributed by atoms with Gasteiger partial charge in [-0.3, -0.25) is 4.79 Å². The Balaban J connectivity index is 2.71. The number of benzene rings is 1. The summed E-state index contributed by atoms with van der Waals surface area (Å²) in [5, 5.41) is 14.7. The fourth-order valence-electron chi connectivity index (χ4n) is 2.34. The van der Waals surface area contributed by atoms with Crippen molar-refractivity contribution in [2.24, 2.45) is 5.92 Å². The lowest BCUT2D eigenvalue weighted by atomic mass is 9.98. The van der Waals surface area contributed by atoms with Gasteiger partial charge in [0.2, 0.25) is 5.91 Å². The number of carbonyl (C=O) groups excluding carboxylic acids is 3. The number of hydrogen-bond donors (Lipinski definition) is 3. The first-order chi connectivity index (χ1) is 12.8. The van der Waals surface area contributed by atoms with Crippen LogP contribution in [0.25, 0.3) is 0 Å². The molecular weight excluding hydrogens is 352 g/mol. The Hall–Kier alpha value is -2.61. The van der Waals surface area contributed by atoms with E-state index in [9.17, 15) is 19.5 Å². The number of esters is 1. The Morgan fingerprint density at radius 2 is 1.70 bits per heavy atom. The van der Waals surface area contributed by atoms with Crippen LogP contribution in [0.3, 0.4) is 0 Å². The molecule has 0 aliphatic rings. The number of rotatable bonds is 9. The van der Waals surface area contributed by atoms with Crippen molar-refractivity contribution in [1.82, 2.24) is 10.6 Å². The van der Waals surface area contributed by atoms with E-state index in [1.54, 1.807) is 19.1 Å². The number of hydrogen-bond acceptors (Lipinski definition) is 6. The lowest BCUT2D eigenvalue weighted by molar-refractivity contribution is -0.147. The third-order valence-corrected chi connectivity index (χ3v) is 4.22. The molecule has 0 heterocycles. The molecule has 3 N–H and O–H groups in total. The smallest absolute Gasteiger partial charge is 0.408 e. The summed E-state index contributed by atoms with van der Waals surface area (Å²) >= 11 is 0. The second-order valence-electron chi connectivity index (χ2n) is 6.32. The highest BCUT2D eigenvalue weighted by atomic mass is 16.5. The van der Waals surface area contributed by atoms with Crippen LogP contribution in [0.5, 0.6) is 0 Å². The van der Waals surface area contributed by atoms with Gasteiger partial charge in [-0.05, 0) is 18.4 Å². The topological polar surface area (TPSA) is 114 Å². The molecule has 0 spiro atoms. The van der Waals surface area contributed by atoms with Gasteiger partial charge in [-0.2, -0.15) is 0 Å². The number of aliphatic hydroxyl groups is 1. The van der Waals surface area contributed by atoms with Gasteiger partial charge in [-0.25, -0.2) is 9.59 Å². The van der Waals surface area contributed by atoms with E-state index < -0.39 is 36.2 Å². The van der Waals surface area contributed by atoms with Crippen LogP contribution in [-0.2, 0) is 25.7 Å². The number of nitrogens with one attached hydrogen (secondary N) is 2. The minimum Gasteiger partial charge on any atom is -0.467 e. The molecule has 1 aromatic carbocycles. The Morgan fingerprint density at radius 1 is 1.07 bits per heavy atom. The zero-order valence-corrected chi connectivity index (χ0v) is 16.1. The molecule has 0 aliphatic carbocycles. The molecule has 1 aromatic rings. The van der Waals surface area contributed by atoms with E-state index in [4.69, 9.17) is 9.47 Å². The molecule has 0 saturated heterocycles. The third kappa shape index (κ3) is 7.26. The van der Waals surface area contributed by atoms with Gasteiger partial charge in [0.25, 0.3) is 0 Å². The molecule has 150 valence electrons. The molecule has 27 heavy (non-hydrogen) atoms. The number of amides is 2. The van der Waals surface area contributed by atoms with Crippen molar-refractivity contribution < 1.29 is 29.0 Å². The summed E-state index contributed by atoms with van der Waals surface area (Å²) in [7, 11) is 1.23. The zero-order valence-electron chi connectivity index (χ0n) is 16.1. The maximum Gasteiger partial charge on any atom is 0.408 e. The van der Waals surface area contributed by atoms with E-state index in [0.29, 0.717) is 6.42 Å². The molecule has 0 unspecified atom stereocenters.